The van der Waals surface area contributed by atoms with Gasteiger partial charge in [-0.25, -0.2) is 0 Å². The van der Waals surface area contributed by atoms with E-state index in [0.717, 1.165) is 11.1 Å². The molecule has 0 aliphatic heterocycles. The number of hydrogen-bond acceptors (Lipinski definition) is 3. The molecule has 4 heteroatoms. The molecule has 2 aromatic rings. The first kappa shape index (κ1) is 14.6. The second-order valence-corrected chi connectivity index (χ2v) is 4.91. The van der Waals surface area contributed by atoms with Crippen LogP contribution in [0, 0.1) is 6.92 Å². The van der Waals surface area contributed by atoms with Gasteiger partial charge in [0.15, 0.2) is 5.78 Å². The number of ether oxygens (including phenoxy) is 1. The minimum atomic E-state index is -0.135. The normalized spacial score (nSPS) is 10.3. The van der Waals surface area contributed by atoms with E-state index < -0.39 is 0 Å². The maximum atomic E-state index is 11.6. The monoisotopic (exact) mass is 289 g/mol. The van der Waals surface area contributed by atoms with Crippen molar-refractivity contribution in [2.75, 3.05) is 6.54 Å². The number of nitrogens with two attached hydrogens (primary N) is 1. The molecule has 0 aromatic heterocycles. The van der Waals surface area contributed by atoms with E-state index in [4.69, 9.17) is 22.1 Å². The highest BCUT2D eigenvalue weighted by Gasteiger charge is 2.12. The lowest BCUT2D eigenvalue weighted by molar-refractivity contribution is 0.100. The number of hydrogen-bond donors (Lipinski definition) is 1. The maximum absolute atomic E-state index is 11.6. The van der Waals surface area contributed by atoms with Crippen molar-refractivity contribution in [2.45, 2.75) is 13.5 Å². The molecule has 2 N–H and O–H groups in total. The number of benzene rings is 2. The van der Waals surface area contributed by atoms with Gasteiger partial charge < -0.3 is 10.5 Å². The molecule has 2 rings (SSSR count). The standard InChI is InChI=1S/C16H16ClNO2/c1-11-7-13(15(19)9-18)8-14(17)16(11)20-10-12-5-3-2-4-6-12/h2-8H,9-10,18H2,1H3. The van der Waals surface area contributed by atoms with Crippen LogP contribution in [-0.2, 0) is 6.61 Å². The highest BCUT2D eigenvalue weighted by atomic mass is 35.5. The van der Waals surface area contributed by atoms with E-state index >= 15 is 0 Å². The van der Waals surface area contributed by atoms with Crippen LogP contribution in [0.5, 0.6) is 5.75 Å². The molecule has 0 amide bonds. The van der Waals surface area contributed by atoms with Crippen LogP contribution in [0.2, 0.25) is 5.02 Å². The van der Waals surface area contributed by atoms with Gasteiger partial charge in [-0.1, -0.05) is 41.9 Å². The van der Waals surface area contributed by atoms with Gasteiger partial charge in [-0.2, -0.15) is 0 Å². The van der Waals surface area contributed by atoms with Crippen LogP contribution < -0.4 is 10.5 Å². The fourth-order valence-corrected chi connectivity index (χ4v) is 2.24. The van der Waals surface area contributed by atoms with Gasteiger partial charge in [0.25, 0.3) is 0 Å². The molecule has 3 nitrogen and oxygen atoms in total. The van der Waals surface area contributed by atoms with Crippen molar-refractivity contribution >= 4 is 17.4 Å². The predicted molar refractivity (Wildman–Crippen MR) is 80.3 cm³/mol. The molecule has 0 fully saturated rings. The van der Waals surface area contributed by atoms with Crippen molar-refractivity contribution in [1.82, 2.24) is 0 Å². The van der Waals surface area contributed by atoms with Crippen LogP contribution in [0.25, 0.3) is 0 Å². The molecule has 0 heterocycles. The summed E-state index contributed by atoms with van der Waals surface area (Å²) >= 11 is 6.18. The largest absolute Gasteiger partial charge is 0.487 e. The third-order valence-corrected chi connectivity index (χ3v) is 3.24. The van der Waals surface area contributed by atoms with Crippen molar-refractivity contribution in [1.29, 1.82) is 0 Å². The highest BCUT2D eigenvalue weighted by molar-refractivity contribution is 6.32. The van der Waals surface area contributed by atoms with Crippen molar-refractivity contribution in [2.24, 2.45) is 5.73 Å². The first-order valence-corrected chi connectivity index (χ1v) is 6.69. The molecule has 104 valence electrons. The van der Waals surface area contributed by atoms with Gasteiger partial charge in [0, 0.05) is 5.56 Å². The van der Waals surface area contributed by atoms with E-state index in [1.54, 1.807) is 12.1 Å². The molecule has 0 spiro atoms. The van der Waals surface area contributed by atoms with Gasteiger partial charge in [-0.15, -0.1) is 0 Å². The fraction of sp³-hybridized carbons (Fsp3) is 0.188. The Labute approximate surface area is 123 Å². The smallest absolute Gasteiger partial charge is 0.176 e. The SMILES string of the molecule is Cc1cc(C(=O)CN)cc(Cl)c1OCc1ccccc1. The van der Waals surface area contributed by atoms with Crippen LogP contribution in [0.3, 0.4) is 0 Å². The number of aryl methyl sites for hydroxylation is 1. The van der Waals surface area contributed by atoms with Crippen LogP contribution in [0.4, 0.5) is 0 Å². The molecule has 0 saturated carbocycles. The molecule has 20 heavy (non-hydrogen) atoms. The Morgan fingerprint density at radius 1 is 1.25 bits per heavy atom. The topological polar surface area (TPSA) is 52.3 Å². The summed E-state index contributed by atoms with van der Waals surface area (Å²) in [5.41, 5.74) is 7.75. The summed E-state index contributed by atoms with van der Waals surface area (Å²) in [5.74, 6) is 0.466. The van der Waals surface area contributed by atoms with Crippen molar-refractivity contribution in [3.05, 3.63) is 64.2 Å². The molecule has 2 aromatic carbocycles. The lowest BCUT2D eigenvalue weighted by atomic mass is 10.1. The Morgan fingerprint density at radius 2 is 1.95 bits per heavy atom. The summed E-state index contributed by atoms with van der Waals surface area (Å²) in [7, 11) is 0. The van der Waals surface area contributed by atoms with Crippen LogP contribution in [0.1, 0.15) is 21.5 Å². The number of carbonyl (C=O) groups excluding carboxylic acids is 1. The molecular weight excluding hydrogens is 274 g/mol. The van der Waals surface area contributed by atoms with E-state index in [2.05, 4.69) is 0 Å². The lowest BCUT2D eigenvalue weighted by Gasteiger charge is -2.12. The lowest BCUT2D eigenvalue weighted by Crippen LogP contribution is -2.13. The van der Waals surface area contributed by atoms with E-state index in [1.165, 1.54) is 0 Å². The third kappa shape index (κ3) is 3.38. The molecular formula is C16H16ClNO2. The number of rotatable bonds is 5. The van der Waals surface area contributed by atoms with Gasteiger partial charge in [0.1, 0.15) is 12.4 Å². The Bertz CT molecular complexity index is 588. The van der Waals surface area contributed by atoms with Crippen LogP contribution in [-0.4, -0.2) is 12.3 Å². The van der Waals surface area contributed by atoms with Crippen molar-refractivity contribution in [3.8, 4) is 5.75 Å². The Balaban J connectivity index is 2.18. The second kappa shape index (κ2) is 6.55. The quantitative estimate of drug-likeness (QED) is 0.859. The third-order valence-electron chi connectivity index (χ3n) is 2.96. The van der Waals surface area contributed by atoms with E-state index in [1.807, 2.05) is 37.3 Å². The Hall–Kier alpha value is -1.84. The van der Waals surface area contributed by atoms with Gasteiger partial charge in [0.2, 0.25) is 0 Å². The van der Waals surface area contributed by atoms with Crippen LogP contribution >= 0.6 is 11.6 Å². The van der Waals surface area contributed by atoms with E-state index in [0.29, 0.717) is 22.9 Å². The maximum Gasteiger partial charge on any atom is 0.176 e. The molecule has 0 saturated heterocycles. The minimum absolute atomic E-state index is 0.0278. The second-order valence-electron chi connectivity index (χ2n) is 4.51. The zero-order chi connectivity index (χ0) is 14.5. The zero-order valence-electron chi connectivity index (χ0n) is 11.2. The minimum Gasteiger partial charge on any atom is -0.487 e. The van der Waals surface area contributed by atoms with Crippen LogP contribution in [0.15, 0.2) is 42.5 Å². The average Bonchev–Trinajstić information content (AvgIpc) is 2.46. The van der Waals surface area contributed by atoms with Crippen molar-refractivity contribution < 1.29 is 9.53 Å². The molecule has 0 atom stereocenters. The Kier molecular flexibility index (Phi) is 4.77. The van der Waals surface area contributed by atoms with E-state index in [9.17, 15) is 4.79 Å². The molecule has 0 bridgehead atoms. The van der Waals surface area contributed by atoms with Crippen molar-refractivity contribution in [3.63, 3.8) is 0 Å². The molecule has 0 aliphatic carbocycles. The number of Topliss-reactive ketones (excluding diaryl/α,β-unsaturated/α-hetero) is 1. The zero-order valence-corrected chi connectivity index (χ0v) is 12.0. The molecule has 0 unspecified atom stereocenters. The summed E-state index contributed by atoms with van der Waals surface area (Å²) in [4.78, 5) is 11.6. The summed E-state index contributed by atoms with van der Waals surface area (Å²) < 4.78 is 5.75. The number of halogens is 1. The van der Waals surface area contributed by atoms with Gasteiger partial charge in [0.05, 0.1) is 11.6 Å². The molecule has 0 radical (unpaired) electrons. The average molecular weight is 290 g/mol. The van der Waals surface area contributed by atoms with Gasteiger partial charge >= 0.3 is 0 Å². The first-order valence-electron chi connectivity index (χ1n) is 6.32. The number of carbonyl (C=O) groups is 1. The predicted octanol–water partition coefficient (Wildman–Crippen LogP) is 3.37. The summed E-state index contributed by atoms with van der Waals surface area (Å²) in [6.45, 7) is 2.27. The van der Waals surface area contributed by atoms with E-state index in [-0.39, 0.29) is 12.3 Å². The summed E-state index contributed by atoms with van der Waals surface area (Å²) in [6, 6.07) is 13.2. The van der Waals surface area contributed by atoms with Gasteiger partial charge in [-0.05, 0) is 30.2 Å². The Morgan fingerprint density at radius 3 is 2.55 bits per heavy atom. The van der Waals surface area contributed by atoms with Gasteiger partial charge in [-0.3, -0.25) is 4.79 Å². The first-order chi connectivity index (χ1) is 9.61. The fourth-order valence-electron chi connectivity index (χ4n) is 1.92. The molecule has 0 aliphatic rings. The summed E-state index contributed by atoms with van der Waals surface area (Å²) in [6.07, 6.45) is 0. The summed E-state index contributed by atoms with van der Waals surface area (Å²) in [5, 5.41) is 0.428. The number of ketones is 1. The highest BCUT2D eigenvalue weighted by Crippen LogP contribution is 2.30.